The van der Waals surface area contributed by atoms with Crippen LogP contribution in [0.5, 0.6) is 0 Å². The van der Waals surface area contributed by atoms with E-state index in [1.807, 2.05) is 4.90 Å². The first-order valence-corrected chi connectivity index (χ1v) is 7.42. The highest BCUT2D eigenvalue weighted by molar-refractivity contribution is 5.97. The maximum Gasteiger partial charge on any atom is 0.321 e. The highest BCUT2D eigenvalue weighted by Crippen LogP contribution is 2.29. The summed E-state index contributed by atoms with van der Waals surface area (Å²) in [5, 5.41) is 2.75. The average molecular weight is 304 g/mol. The van der Waals surface area contributed by atoms with Crippen LogP contribution in [0.15, 0.2) is 24.3 Å². The van der Waals surface area contributed by atoms with Gasteiger partial charge in [0.25, 0.3) is 5.91 Å². The molecular weight excluding hydrogens is 280 g/mol. The third-order valence-electron chi connectivity index (χ3n) is 4.10. The molecule has 0 radical (unpaired) electrons. The van der Waals surface area contributed by atoms with Gasteiger partial charge in [-0.2, -0.15) is 0 Å². The number of likely N-dealkylation sites (tertiary alicyclic amines) is 1. The van der Waals surface area contributed by atoms with Crippen LogP contribution in [0.4, 0.5) is 10.5 Å². The lowest BCUT2D eigenvalue weighted by Gasteiger charge is -2.22. The van der Waals surface area contributed by atoms with Gasteiger partial charge in [-0.15, -0.1) is 0 Å². The fraction of sp³-hybridized carbons (Fsp3) is 0.500. The van der Waals surface area contributed by atoms with Crippen LogP contribution in [0.1, 0.15) is 23.7 Å². The zero-order chi connectivity index (χ0) is 16.3. The minimum Gasteiger partial charge on any atom is -0.338 e. The highest BCUT2D eigenvalue weighted by Gasteiger charge is 2.35. The van der Waals surface area contributed by atoms with Crippen molar-refractivity contribution < 1.29 is 9.59 Å². The molecule has 1 unspecified atom stereocenters. The van der Waals surface area contributed by atoms with Gasteiger partial charge in [0, 0.05) is 38.4 Å². The molecule has 22 heavy (non-hydrogen) atoms. The molecule has 0 bridgehead atoms. The van der Waals surface area contributed by atoms with Gasteiger partial charge in [0.05, 0.1) is 0 Å². The molecule has 1 fully saturated rings. The molecule has 0 aliphatic carbocycles. The van der Waals surface area contributed by atoms with Crippen molar-refractivity contribution in [3.05, 3.63) is 29.8 Å². The summed E-state index contributed by atoms with van der Waals surface area (Å²) in [7, 11) is 3.34. The predicted octanol–water partition coefficient (Wildman–Crippen LogP) is 1.59. The molecule has 1 aliphatic rings. The Morgan fingerprint density at radius 2 is 2.14 bits per heavy atom. The molecule has 0 spiro atoms. The van der Waals surface area contributed by atoms with E-state index in [4.69, 9.17) is 5.73 Å². The molecule has 1 aliphatic heterocycles. The van der Waals surface area contributed by atoms with Crippen LogP contribution in [-0.2, 0) is 0 Å². The number of hydrogen-bond acceptors (Lipinski definition) is 3. The highest BCUT2D eigenvalue weighted by atomic mass is 16.2. The lowest BCUT2D eigenvalue weighted by atomic mass is 9.90. The fourth-order valence-electron chi connectivity index (χ4n) is 2.51. The van der Waals surface area contributed by atoms with Crippen LogP contribution >= 0.6 is 0 Å². The van der Waals surface area contributed by atoms with Crippen molar-refractivity contribution in [3.8, 4) is 0 Å². The van der Waals surface area contributed by atoms with E-state index in [1.54, 1.807) is 38.4 Å². The second-order valence-corrected chi connectivity index (χ2v) is 6.40. The Bertz CT molecular complexity index is 573. The molecule has 0 aromatic heterocycles. The molecule has 3 N–H and O–H groups in total. The molecule has 6 heteroatoms. The van der Waals surface area contributed by atoms with E-state index >= 15 is 0 Å². The number of carbonyl (C=O) groups excluding carboxylic acids is 2. The van der Waals surface area contributed by atoms with Crippen LogP contribution in [0.2, 0.25) is 0 Å². The van der Waals surface area contributed by atoms with Crippen molar-refractivity contribution in [2.24, 2.45) is 11.1 Å². The van der Waals surface area contributed by atoms with Crippen molar-refractivity contribution in [3.63, 3.8) is 0 Å². The molecule has 2 rings (SSSR count). The molecule has 1 aromatic rings. The first-order valence-electron chi connectivity index (χ1n) is 7.42. The number of urea groups is 1. The van der Waals surface area contributed by atoms with Gasteiger partial charge in [0.15, 0.2) is 0 Å². The van der Waals surface area contributed by atoms with E-state index in [0.717, 1.165) is 13.0 Å². The number of carbonyl (C=O) groups is 2. The SMILES string of the molecule is CN(C)C(=O)Nc1cccc(C(=O)N2CCC(C)(CN)C2)c1. The molecule has 3 amide bonds. The number of benzene rings is 1. The summed E-state index contributed by atoms with van der Waals surface area (Å²) in [5.41, 5.74) is 6.99. The molecular formula is C16H24N4O2. The Labute approximate surface area is 131 Å². The van der Waals surface area contributed by atoms with Crippen LogP contribution in [0.3, 0.4) is 0 Å². The molecule has 1 saturated heterocycles. The number of anilines is 1. The van der Waals surface area contributed by atoms with Crippen LogP contribution in [-0.4, -0.2) is 55.5 Å². The summed E-state index contributed by atoms with van der Waals surface area (Å²) >= 11 is 0. The minimum absolute atomic E-state index is 0.00636. The van der Waals surface area contributed by atoms with E-state index in [9.17, 15) is 9.59 Å². The third-order valence-corrected chi connectivity index (χ3v) is 4.10. The first-order chi connectivity index (χ1) is 10.3. The largest absolute Gasteiger partial charge is 0.338 e. The van der Waals surface area contributed by atoms with Gasteiger partial charge in [-0.1, -0.05) is 13.0 Å². The van der Waals surface area contributed by atoms with E-state index in [0.29, 0.717) is 24.3 Å². The lowest BCUT2D eigenvalue weighted by Crippen LogP contribution is -2.34. The standard InChI is InChI=1S/C16H24N4O2/c1-16(10-17)7-8-20(11-16)14(21)12-5-4-6-13(9-12)18-15(22)19(2)3/h4-6,9H,7-8,10-11,17H2,1-3H3,(H,18,22). The summed E-state index contributed by atoms with van der Waals surface area (Å²) in [5.74, 6) is -0.0156. The zero-order valence-electron chi connectivity index (χ0n) is 13.4. The van der Waals surface area contributed by atoms with E-state index in [1.165, 1.54) is 4.90 Å². The molecule has 1 atom stereocenters. The van der Waals surface area contributed by atoms with Crippen molar-refractivity contribution in [1.29, 1.82) is 0 Å². The number of nitrogens with two attached hydrogens (primary N) is 1. The zero-order valence-corrected chi connectivity index (χ0v) is 13.4. The maximum atomic E-state index is 12.6. The van der Waals surface area contributed by atoms with Crippen LogP contribution in [0, 0.1) is 5.41 Å². The molecule has 120 valence electrons. The predicted molar refractivity (Wildman–Crippen MR) is 86.8 cm³/mol. The molecule has 6 nitrogen and oxygen atoms in total. The first kappa shape index (κ1) is 16.3. The quantitative estimate of drug-likeness (QED) is 0.890. The van der Waals surface area contributed by atoms with Gasteiger partial charge in [-0.05, 0) is 36.6 Å². The van der Waals surface area contributed by atoms with E-state index < -0.39 is 0 Å². The number of nitrogens with one attached hydrogen (secondary N) is 1. The van der Waals surface area contributed by atoms with Crippen LogP contribution in [0.25, 0.3) is 0 Å². The van der Waals surface area contributed by atoms with Gasteiger partial charge in [0.2, 0.25) is 0 Å². The third kappa shape index (κ3) is 3.57. The summed E-state index contributed by atoms with van der Waals surface area (Å²) < 4.78 is 0. The van der Waals surface area contributed by atoms with Crippen molar-refractivity contribution in [2.45, 2.75) is 13.3 Å². The van der Waals surface area contributed by atoms with Crippen molar-refractivity contribution in [1.82, 2.24) is 9.80 Å². The normalized spacial score (nSPS) is 20.8. The summed E-state index contributed by atoms with van der Waals surface area (Å²) in [6, 6.07) is 6.80. The molecule has 1 aromatic carbocycles. The Morgan fingerprint density at radius 1 is 1.41 bits per heavy atom. The van der Waals surface area contributed by atoms with Crippen molar-refractivity contribution >= 4 is 17.6 Å². The summed E-state index contributed by atoms with van der Waals surface area (Å²) in [4.78, 5) is 27.5. The minimum atomic E-state index is -0.221. The average Bonchev–Trinajstić information content (AvgIpc) is 2.90. The topological polar surface area (TPSA) is 78.7 Å². The van der Waals surface area contributed by atoms with Gasteiger partial charge >= 0.3 is 6.03 Å². The molecule has 1 heterocycles. The smallest absolute Gasteiger partial charge is 0.321 e. The Kier molecular flexibility index (Phi) is 4.71. The number of rotatable bonds is 3. The lowest BCUT2D eigenvalue weighted by molar-refractivity contribution is 0.0777. The van der Waals surface area contributed by atoms with Gasteiger partial charge in [-0.3, -0.25) is 4.79 Å². The Hall–Kier alpha value is -2.08. The van der Waals surface area contributed by atoms with Crippen molar-refractivity contribution in [2.75, 3.05) is 39.0 Å². The monoisotopic (exact) mass is 304 g/mol. The summed E-state index contributed by atoms with van der Waals surface area (Å²) in [6.07, 6.45) is 0.923. The number of amides is 3. The Morgan fingerprint density at radius 3 is 2.73 bits per heavy atom. The van der Waals surface area contributed by atoms with Gasteiger partial charge in [0.1, 0.15) is 0 Å². The second-order valence-electron chi connectivity index (χ2n) is 6.40. The summed E-state index contributed by atoms with van der Waals surface area (Å²) in [6.45, 7) is 4.08. The second kappa shape index (κ2) is 6.36. The fourth-order valence-corrected chi connectivity index (χ4v) is 2.51. The number of nitrogens with zero attached hydrogens (tertiary/aromatic N) is 2. The van der Waals surface area contributed by atoms with Gasteiger partial charge in [-0.25, -0.2) is 4.79 Å². The molecule has 0 saturated carbocycles. The van der Waals surface area contributed by atoms with E-state index in [-0.39, 0.29) is 17.4 Å². The van der Waals surface area contributed by atoms with E-state index in [2.05, 4.69) is 12.2 Å². The Balaban J connectivity index is 2.09. The van der Waals surface area contributed by atoms with Crippen LogP contribution < -0.4 is 11.1 Å². The maximum absolute atomic E-state index is 12.6. The van der Waals surface area contributed by atoms with Gasteiger partial charge < -0.3 is 20.9 Å². The number of hydrogen-bond donors (Lipinski definition) is 2.